The number of rotatable bonds is 3. The molecule has 12 heteroatoms. The van der Waals surface area contributed by atoms with Crippen molar-refractivity contribution in [2.75, 3.05) is 24.7 Å². The van der Waals surface area contributed by atoms with Gasteiger partial charge in [0, 0.05) is 18.8 Å². The monoisotopic (exact) mass is 376 g/mol. The van der Waals surface area contributed by atoms with Gasteiger partial charge in [0.15, 0.2) is 11.6 Å². The molecule has 0 bridgehead atoms. The van der Waals surface area contributed by atoms with E-state index in [1.807, 2.05) is 6.07 Å². The van der Waals surface area contributed by atoms with Crippen molar-refractivity contribution in [1.82, 2.24) is 9.61 Å². The van der Waals surface area contributed by atoms with Gasteiger partial charge in [0.2, 0.25) is 0 Å². The van der Waals surface area contributed by atoms with E-state index in [9.17, 15) is 21.6 Å². The van der Waals surface area contributed by atoms with Crippen LogP contribution in [0.3, 0.4) is 0 Å². The summed E-state index contributed by atoms with van der Waals surface area (Å²) in [5.74, 6) is -0.212. The Hall–Kier alpha value is -2.52. The molecular weight excluding hydrogens is 365 g/mol. The predicted molar refractivity (Wildman–Crippen MR) is 78.4 cm³/mol. The molecule has 3 rings (SSSR count). The average Bonchev–Trinajstić information content (AvgIpc) is 2.98. The number of nitrogens with zero attached hydrogens (tertiary/aromatic N) is 4. The van der Waals surface area contributed by atoms with Crippen LogP contribution >= 0.6 is 0 Å². The molecule has 0 amide bonds. The van der Waals surface area contributed by atoms with Gasteiger partial charge in [0.25, 0.3) is 0 Å². The fraction of sp³-hybridized carbons (Fsp3) is 0.385. The second-order valence-corrected chi connectivity index (χ2v) is 6.64. The summed E-state index contributed by atoms with van der Waals surface area (Å²) in [5, 5.41) is 13.3. The van der Waals surface area contributed by atoms with Gasteiger partial charge in [-0.2, -0.15) is 31.9 Å². The zero-order valence-corrected chi connectivity index (χ0v) is 13.3. The number of halogens is 3. The van der Waals surface area contributed by atoms with E-state index < -0.39 is 27.4 Å². The van der Waals surface area contributed by atoms with E-state index in [1.54, 1.807) is 4.90 Å². The van der Waals surface area contributed by atoms with Crippen LogP contribution in [0.1, 0.15) is 0 Å². The molecular formula is C13H11F3N4O4S. The first-order chi connectivity index (χ1) is 11.7. The second kappa shape index (κ2) is 6.08. The van der Waals surface area contributed by atoms with Crippen molar-refractivity contribution in [3.8, 4) is 11.8 Å². The smallest absolute Gasteiger partial charge is 0.376 e. The first kappa shape index (κ1) is 17.3. The predicted octanol–water partition coefficient (Wildman–Crippen LogP) is 1.29. The van der Waals surface area contributed by atoms with Gasteiger partial charge >= 0.3 is 15.6 Å². The van der Waals surface area contributed by atoms with Gasteiger partial charge in [-0.1, -0.05) is 0 Å². The lowest BCUT2D eigenvalue weighted by molar-refractivity contribution is -0.0499. The van der Waals surface area contributed by atoms with Crippen LogP contribution in [0.2, 0.25) is 0 Å². The zero-order valence-electron chi connectivity index (χ0n) is 12.5. The Labute approximate surface area is 140 Å². The molecule has 0 aliphatic carbocycles. The van der Waals surface area contributed by atoms with E-state index in [4.69, 9.17) is 10.00 Å². The number of aromatic nitrogens is 2. The molecule has 1 saturated heterocycles. The largest absolute Gasteiger partial charge is 0.534 e. The molecule has 0 spiro atoms. The molecule has 1 unspecified atom stereocenters. The Balaban J connectivity index is 2.00. The zero-order chi connectivity index (χ0) is 18.2. The third-order valence-electron chi connectivity index (χ3n) is 3.50. The number of pyridine rings is 1. The number of alkyl halides is 3. The van der Waals surface area contributed by atoms with E-state index in [2.05, 4.69) is 9.28 Å². The normalized spacial score (nSPS) is 19.0. The number of anilines is 1. The van der Waals surface area contributed by atoms with Crippen molar-refractivity contribution in [2.24, 2.45) is 0 Å². The summed E-state index contributed by atoms with van der Waals surface area (Å²) in [4.78, 5) is 1.62. The summed E-state index contributed by atoms with van der Waals surface area (Å²) in [7, 11) is -5.80. The Kier molecular flexibility index (Phi) is 4.21. The summed E-state index contributed by atoms with van der Waals surface area (Å²) < 4.78 is 70.6. The molecule has 1 atom stereocenters. The maximum atomic E-state index is 12.5. The van der Waals surface area contributed by atoms with Gasteiger partial charge < -0.3 is 13.8 Å². The molecule has 0 saturated carbocycles. The Morgan fingerprint density at radius 3 is 2.88 bits per heavy atom. The molecule has 1 aliphatic rings. The SMILES string of the molecule is N#CC1COCCN1c1cc2c(OS(=O)(=O)C(F)(F)F)cccn2n1. The van der Waals surface area contributed by atoms with Crippen molar-refractivity contribution in [2.45, 2.75) is 11.6 Å². The third kappa shape index (κ3) is 3.20. The lowest BCUT2D eigenvalue weighted by atomic mass is 10.2. The molecule has 2 aromatic heterocycles. The van der Waals surface area contributed by atoms with E-state index in [0.29, 0.717) is 19.0 Å². The van der Waals surface area contributed by atoms with E-state index in [0.717, 1.165) is 6.07 Å². The fourth-order valence-corrected chi connectivity index (χ4v) is 2.81. The average molecular weight is 376 g/mol. The van der Waals surface area contributed by atoms with E-state index in [1.165, 1.54) is 22.8 Å². The topological polar surface area (TPSA) is 96.9 Å². The molecule has 25 heavy (non-hydrogen) atoms. The molecule has 0 N–H and O–H groups in total. The highest BCUT2D eigenvalue weighted by atomic mass is 32.2. The van der Waals surface area contributed by atoms with Crippen LogP contribution in [0.5, 0.6) is 5.75 Å². The Bertz CT molecular complexity index is 935. The van der Waals surface area contributed by atoms with Crippen LogP contribution in [-0.2, 0) is 14.9 Å². The quantitative estimate of drug-likeness (QED) is 0.588. The van der Waals surface area contributed by atoms with Gasteiger partial charge in [0.05, 0.1) is 19.3 Å². The van der Waals surface area contributed by atoms with E-state index >= 15 is 0 Å². The second-order valence-electron chi connectivity index (χ2n) is 5.10. The van der Waals surface area contributed by atoms with E-state index in [-0.39, 0.29) is 12.1 Å². The van der Waals surface area contributed by atoms with Crippen LogP contribution in [0.4, 0.5) is 19.0 Å². The van der Waals surface area contributed by atoms with Gasteiger partial charge in [-0.05, 0) is 12.1 Å². The lowest BCUT2D eigenvalue weighted by Crippen LogP contribution is -2.44. The van der Waals surface area contributed by atoms with Gasteiger partial charge in [-0.25, -0.2) is 4.52 Å². The minimum atomic E-state index is -5.80. The summed E-state index contributed by atoms with van der Waals surface area (Å²) >= 11 is 0. The summed E-state index contributed by atoms with van der Waals surface area (Å²) in [6.07, 6.45) is 1.42. The minimum absolute atomic E-state index is 0.0218. The minimum Gasteiger partial charge on any atom is -0.376 e. The molecule has 8 nitrogen and oxygen atoms in total. The maximum Gasteiger partial charge on any atom is 0.534 e. The van der Waals surface area contributed by atoms with Crippen molar-refractivity contribution in [3.63, 3.8) is 0 Å². The van der Waals surface area contributed by atoms with Crippen LogP contribution in [-0.4, -0.2) is 49.3 Å². The van der Waals surface area contributed by atoms with Crippen molar-refractivity contribution in [3.05, 3.63) is 24.4 Å². The van der Waals surface area contributed by atoms with Crippen molar-refractivity contribution >= 4 is 21.5 Å². The molecule has 0 aromatic carbocycles. The van der Waals surface area contributed by atoms with Crippen LogP contribution in [0, 0.1) is 11.3 Å². The number of hydrogen-bond acceptors (Lipinski definition) is 7. The fourth-order valence-electron chi connectivity index (χ4n) is 2.34. The Morgan fingerprint density at radius 1 is 1.44 bits per heavy atom. The molecule has 134 valence electrons. The molecule has 1 fully saturated rings. The molecule has 1 aliphatic heterocycles. The van der Waals surface area contributed by atoms with Crippen LogP contribution in [0.25, 0.3) is 5.52 Å². The van der Waals surface area contributed by atoms with Gasteiger partial charge in [0.1, 0.15) is 11.6 Å². The Morgan fingerprint density at radius 2 is 2.20 bits per heavy atom. The van der Waals surface area contributed by atoms with Gasteiger partial charge in [-0.15, -0.1) is 0 Å². The van der Waals surface area contributed by atoms with Crippen molar-refractivity contribution in [1.29, 1.82) is 5.26 Å². The number of morpholine rings is 1. The van der Waals surface area contributed by atoms with Crippen LogP contribution < -0.4 is 9.08 Å². The number of nitriles is 1. The summed E-state index contributed by atoms with van der Waals surface area (Å²) in [6, 6.07) is 5.18. The first-order valence-corrected chi connectivity index (χ1v) is 8.37. The number of ether oxygens (including phenoxy) is 1. The van der Waals surface area contributed by atoms with Crippen molar-refractivity contribution < 1.29 is 30.5 Å². The molecule has 3 heterocycles. The highest BCUT2D eigenvalue weighted by Crippen LogP contribution is 2.31. The maximum absolute atomic E-state index is 12.5. The van der Waals surface area contributed by atoms with Crippen LogP contribution in [0.15, 0.2) is 24.4 Å². The highest BCUT2D eigenvalue weighted by molar-refractivity contribution is 7.88. The third-order valence-corrected chi connectivity index (χ3v) is 4.47. The molecule has 2 aromatic rings. The lowest BCUT2D eigenvalue weighted by Gasteiger charge is -2.31. The standard InChI is InChI=1S/C13H11F3N4O4S/c14-13(15,16)25(21,22)24-11-2-1-3-20-10(11)6-12(18-20)19-4-5-23-8-9(19)7-17/h1-3,6,9H,4-5,8H2. The number of hydrogen-bond donors (Lipinski definition) is 0. The molecule has 0 radical (unpaired) electrons. The summed E-state index contributed by atoms with van der Waals surface area (Å²) in [6.45, 7) is 0.882. The van der Waals surface area contributed by atoms with Gasteiger partial charge in [-0.3, -0.25) is 0 Å². The highest BCUT2D eigenvalue weighted by Gasteiger charge is 2.48. The first-order valence-electron chi connectivity index (χ1n) is 6.96. The number of fused-ring (bicyclic) bond motifs is 1. The summed E-state index contributed by atoms with van der Waals surface area (Å²) in [5.41, 5.74) is -5.52.